The molecular formula is C10H9BrN2O2S. The fourth-order valence-electron chi connectivity index (χ4n) is 1.21. The van der Waals surface area contributed by atoms with Gasteiger partial charge >= 0.3 is 0 Å². The van der Waals surface area contributed by atoms with E-state index in [4.69, 9.17) is 4.42 Å². The molecule has 0 saturated heterocycles. The molecule has 0 radical (unpaired) electrons. The molecule has 0 saturated carbocycles. The predicted molar refractivity (Wildman–Crippen MR) is 64.4 cm³/mol. The summed E-state index contributed by atoms with van der Waals surface area (Å²) in [5.41, 5.74) is 0.501. The molecule has 0 aliphatic heterocycles. The minimum Gasteiger partial charge on any atom is -0.457 e. The standard InChI is InChI=1S/C10H9BrN2O2S/c1-6-12-4-7(16-6)5-13-10(14)8-2-3-15-9(8)11/h2-4H,5H2,1H3,(H,13,14). The molecule has 1 N–H and O–H groups in total. The van der Waals surface area contributed by atoms with E-state index in [-0.39, 0.29) is 5.91 Å². The van der Waals surface area contributed by atoms with E-state index in [1.165, 1.54) is 6.26 Å². The number of aromatic nitrogens is 1. The fourth-order valence-corrected chi connectivity index (χ4v) is 2.36. The number of nitrogens with one attached hydrogen (secondary N) is 1. The lowest BCUT2D eigenvalue weighted by Gasteiger charge is -2.00. The summed E-state index contributed by atoms with van der Waals surface area (Å²) < 4.78 is 5.44. The van der Waals surface area contributed by atoms with Gasteiger partial charge in [0.25, 0.3) is 5.91 Å². The zero-order chi connectivity index (χ0) is 11.5. The Morgan fingerprint density at radius 2 is 2.50 bits per heavy atom. The van der Waals surface area contributed by atoms with Crippen molar-refractivity contribution in [3.05, 3.63) is 38.6 Å². The van der Waals surface area contributed by atoms with Crippen LogP contribution in [0.25, 0.3) is 0 Å². The third kappa shape index (κ3) is 2.51. The van der Waals surface area contributed by atoms with Crippen LogP contribution in [0, 0.1) is 6.92 Å². The molecule has 6 heteroatoms. The van der Waals surface area contributed by atoms with Crippen LogP contribution in [-0.4, -0.2) is 10.9 Å². The molecule has 0 spiro atoms. The van der Waals surface area contributed by atoms with Crippen molar-refractivity contribution in [2.24, 2.45) is 0 Å². The van der Waals surface area contributed by atoms with E-state index in [1.54, 1.807) is 23.6 Å². The first kappa shape index (κ1) is 11.3. The van der Waals surface area contributed by atoms with E-state index in [2.05, 4.69) is 26.2 Å². The molecule has 2 rings (SSSR count). The summed E-state index contributed by atoms with van der Waals surface area (Å²) in [5.74, 6) is -0.160. The van der Waals surface area contributed by atoms with Crippen molar-refractivity contribution in [1.29, 1.82) is 0 Å². The molecule has 0 unspecified atom stereocenters. The van der Waals surface area contributed by atoms with Gasteiger partial charge in [-0.2, -0.15) is 0 Å². The van der Waals surface area contributed by atoms with Crippen LogP contribution in [-0.2, 0) is 6.54 Å². The van der Waals surface area contributed by atoms with E-state index in [9.17, 15) is 4.79 Å². The topological polar surface area (TPSA) is 55.1 Å². The van der Waals surface area contributed by atoms with Crippen molar-refractivity contribution in [3.8, 4) is 0 Å². The Hall–Kier alpha value is -1.14. The highest BCUT2D eigenvalue weighted by Gasteiger charge is 2.12. The summed E-state index contributed by atoms with van der Waals surface area (Å²) in [5, 5.41) is 3.79. The maximum atomic E-state index is 11.7. The SMILES string of the molecule is Cc1ncc(CNC(=O)c2ccoc2Br)s1. The van der Waals surface area contributed by atoms with Gasteiger partial charge in [0.15, 0.2) is 4.67 Å². The Morgan fingerprint density at radius 1 is 1.69 bits per heavy atom. The van der Waals surface area contributed by atoms with E-state index in [0.29, 0.717) is 16.8 Å². The third-order valence-electron chi connectivity index (χ3n) is 1.95. The van der Waals surface area contributed by atoms with Crippen LogP contribution in [0.1, 0.15) is 20.2 Å². The largest absolute Gasteiger partial charge is 0.457 e. The fraction of sp³-hybridized carbons (Fsp3) is 0.200. The van der Waals surface area contributed by atoms with Gasteiger partial charge in [0.05, 0.1) is 23.4 Å². The van der Waals surface area contributed by atoms with Crippen LogP contribution in [0.5, 0.6) is 0 Å². The number of amides is 1. The number of aryl methyl sites for hydroxylation is 1. The number of carbonyl (C=O) groups excluding carboxylic acids is 1. The summed E-state index contributed by atoms with van der Waals surface area (Å²) in [6.45, 7) is 2.42. The average Bonchev–Trinajstić information content (AvgIpc) is 2.84. The Labute approximate surface area is 105 Å². The van der Waals surface area contributed by atoms with Gasteiger partial charge in [-0.1, -0.05) is 0 Å². The summed E-state index contributed by atoms with van der Waals surface area (Å²) in [6, 6.07) is 1.62. The molecule has 0 aliphatic rings. The molecule has 16 heavy (non-hydrogen) atoms. The maximum absolute atomic E-state index is 11.7. The van der Waals surface area contributed by atoms with E-state index < -0.39 is 0 Å². The van der Waals surface area contributed by atoms with Gasteiger partial charge in [0.2, 0.25) is 0 Å². The van der Waals surface area contributed by atoms with Crippen LogP contribution < -0.4 is 5.32 Å². The second-order valence-electron chi connectivity index (χ2n) is 3.14. The van der Waals surface area contributed by atoms with Gasteiger partial charge in [-0.05, 0) is 28.9 Å². The first-order valence-electron chi connectivity index (χ1n) is 4.59. The van der Waals surface area contributed by atoms with Crippen LogP contribution in [0.15, 0.2) is 27.6 Å². The molecule has 2 heterocycles. The summed E-state index contributed by atoms with van der Waals surface area (Å²) in [7, 11) is 0. The zero-order valence-corrected chi connectivity index (χ0v) is 10.9. The second-order valence-corrected chi connectivity index (χ2v) is 5.18. The highest BCUT2D eigenvalue weighted by molar-refractivity contribution is 9.10. The quantitative estimate of drug-likeness (QED) is 0.948. The molecule has 2 aromatic rings. The Balaban J connectivity index is 1.96. The number of hydrogen-bond donors (Lipinski definition) is 1. The number of carbonyl (C=O) groups is 1. The molecule has 0 aromatic carbocycles. The van der Waals surface area contributed by atoms with Gasteiger partial charge in [0.1, 0.15) is 0 Å². The van der Waals surface area contributed by atoms with E-state index in [0.717, 1.165) is 9.88 Å². The highest BCUT2D eigenvalue weighted by atomic mass is 79.9. The van der Waals surface area contributed by atoms with Gasteiger partial charge in [-0.3, -0.25) is 4.79 Å². The summed E-state index contributed by atoms with van der Waals surface area (Å²) >= 11 is 4.73. The number of furan rings is 1. The molecule has 0 atom stereocenters. The minimum atomic E-state index is -0.160. The maximum Gasteiger partial charge on any atom is 0.256 e. The smallest absolute Gasteiger partial charge is 0.256 e. The normalized spacial score (nSPS) is 10.4. The second kappa shape index (κ2) is 4.80. The van der Waals surface area contributed by atoms with Crippen molar-refractivity contribution in [2.45, 2.75) is 13.5 Å². The lowest BCUT2D eigenvalue weighted by atomic mass is 10.3. The predicted octanol–water partition coefficient (Wildman–Crippen LogP) is 2.74. The van der Waals surface area contributed by atoms with Crippen LogP contribution >= 0.6 is 27.3 Å². The molecule has 0 aliphatic carbocycles. The van der Waals surface area contributed by atoms with Gasteiger partial charge in [-0.25, -0.2) is 4.98 Å². The molecule has 4 nitrogen and oxygen atoms in total. The van der Waals surface area contributed by atoms with Crippen molar-refractivity contribution in [2.75, 3.05) is 0 Å². The van der Waals surface area contributed by atoms with Gasteiger partial charge in [-0.15, -0.1) is 11.3 Å². The average molecular weight is 301 g/mol. The molecule has 1 amide bonds. The Kier molecular flexibility index (Phi) is 3.40. The number of halogens is 1. The Bertz CT molecular complexity index is 506. The molecule has 0 bridgehead atoms. The number of hydrogen-bond acceptors (Lipinski definition) is 4. The van der Waals surface area contributed by atoms with E-state index >= 15 is 0 Å². The molecule has 84 valence electrons. The summed E-state index contributed by atoms with van der Waals surface area (Å²) in [6.07, 6.45) is 3.24. The van der Waals surface area contributed by atoms with Crippen molar-refractivity contribution < 1.29 is 9.21 Å². The first-order chi connectivity index (χ1) is 7.66. The lowest BCUT2D eigenvalue weighted by Crippen LogP contribution is -2.22. The lowest BCUT2D eigenvalue weighted by molar-refractivity contribution is 0.0949. The van der Waals surface area contributed by atoms with Crippen molar-refractivity contribution in [3.63, 3.8) is 0 Å². The van der Waals surface area contributed by atoms with Crippen LogP contribution in [0.4, 0.5) is 0 Å². The number of rotatable bonds is 3. The van der Waals surface area contributed by atoms with Gasteiger partial charge < -0.3 is 9.73 Å². The van der Waals surface area contributed by atoms with Crippen molar-refractivity contribution in [1.82, 2.24) is 10.3 Å². The highest BCUT2D eigenvalue weighted by Crippen LogP contribution is 2.17. The Morgan fingerprint density at radius 3 is 3.06 bits per heavy atom. The molecule has 2 aromatic heterocycles. The minimum absolute atomic E-state index is 0.160. The monoisotopic (exact) mass is 300 g/mol. The van der Waals surface area contributed by atoms with Crippen LogP contribution in [0.2, 0.25) is 0 Å². The summed E-state index contributed by atoms with van der Waals surface area (Å²) in [4.78, 5) is 16.8. The zero-order valence-electron chi connectivity index (χ0n) is 8.49. The number of thiazole rings is 1. The van der Waals surface area contributed by atoms with Gasteiger partial charge in [0, 0.05) is 11.1 Å². The van der Waals surface area contributed by atoms with Crippen LogP contribution in [0.3, 0.4) is 0 Å². The van der Waals surface area contributed by atoms with Crippen molar-refractivity contribution >= 4 is 33.2 Å². The van der Waals surface area contributed by atoms with E-state index in [1.807, 2.05) is 6.92 Å². The first-order valence-corrected chi connectivity index (χ1v) is 6.20. The number of nitrogens with zero attached hydrogens (tertiary/aromatic N) is 1. The molecule has 0 fully saturated rings. The third-order valence-corrected chi connectivity index (χ3v) is 3.48. The molecular weight excluding hydrogens is 292 g/mol.